The van der Waals surface area contributed by atoms with E-state index in [0.29, 0.717) is 19.3 Å². The summed E-state index contributed by atoms with van der Waals surface area (Å²) < 4.78 is 16.7. The van der Waals surface area contributed by atoms with Crippen LogP contribution in [0.25, 0.3) is 0 Å². The van der Waals surface area contributed by atoms with Crippen LogP contribution < -0.4 is 0 Å². The Morgan fingerprint density at radius 2 is 0.738 bits per heavy atom. The van der Waals surface area contributed by atoms with Crippen molar-refractivity contribution in [2.24, 2.45) is 0 Å². The van der Waals surface area contributed by atoms with Crippen molar-refractivity contribution in [2.75, 3.05) is 13.2 Å². The number of carbonyl (C=O) groups excluding carboxylic acids is 3. The SMILES string of the molecule is CC\C=C/C=C\C=C/C=C\C=C/CCCC(=O)OCC(COC(=O)CCCCCCCCCCCCCCCCCC)OC(=O)CCCCCCCCC/C=C\C/C=C\CC. The molecule has 0 heterocycles. The zero-order valence-electron chi connectivity index (χ0n) is 39.7. The molecule has 0 aliphatic heterocycles. The van der Waals surface area contributed by atoms with Gasteiger partial charge in [-0.1, -0.05) is 234 Å². The third-order valence-electron chi connectivity index (χ3n) is 10.5. The van der Waals surface area contributed by atoms with E-state index in [1.165, 1.54) is 109 Å². The van der Waals surface area contributed by atoms with Crippen LogP contribution in [-0.4, -0.2) is 37.2 Å². The lowest BCUT2D eigenvalue weighted by Gasteiger charge is -2.18. The van der Waals surface area contributed by atoms with Gasteiger partial charge in [0.15, 0.2) is 6.10 Å². The van der Waals surface area contributed by atoms with E-state index in [2.05, 4.69) is 51.2 Å². The molecule has 348 valence electrons. The highest BCUT2D eigenvalue weighted by Crippen LogP contribution is 2.15. The standard InChI is InChI=1S/C55H92O6/c1-4-7-10-13-16-19-22-25-27-28-31-33-36-39-42-45-48-54(57)60-51-52(50-59-53(56)47-44-41-38-35-32-29-24-21-18-15-12-9-6-3)61-55(58)49-46-43-40-37-34-30-26-23-20-17-14-11-8-5-2/h8-9,11-12,15,17-18,20-21,24,29,32,35,38,52H,4-7,10,13-14,16,19,22-23,25-28,30-31,33-34,36-37,39-51H2,1-3H3/b11-8-,12-9-,18-15-,20-17-,24-21-,32-29-,38-35-. The number of allylic oxidation sites excluding steroid dienone is 14. The number of carbonyl (C=O) groups is 3. The number of hydrogen-bond acceptors (Lipinski definition) is 6. The molecule has 0 N–H and O–H groups in total. The highest BCUT2D eigenvalue weighted by Gasteiger charge is 2.19. The Morgan fingerprint density at radius 3 is 1.23 bits per heavy atom. The fourth-order valence-corrected chi connectivity index (χ4v) is 6.80. The monoisotopic (exact) mass is 849 g/mol. The molecule has 0 aliphatic carbocycles. The third-order valence-corrected chi connectivity index (χ3v) is 10.5. The van der Waals surface area contributed by atoms with Crippen molar-refractivity contribution in [3.8, 4) is 0 Å². The zero-order chi connectivity index (χ0) is 44.4. The first-order chi connectivity index (χ1) is 30.0. The molecule has 0 aromatic rings. The first-order valence-electron chi connectivity index (χ1n) is 25.2. The summed E-state index contributed by atoms with van der Waals surface area (Å²) in [6.07, 6.45) is 62.9. The Balaban J connectivity index is 4.46. The molecule has 61 heavy (non-hydrogen) atoms. The molecule has 1 unspecified atom stereocenters. The molecule has 1 atom stereocenters. The van der Waals surface area contributed by atoms with Crippen LogP contribution in [0, 0.1) is 0 Å². The second kappa shape index (κ2) is 49.2. The Hall–Kier alpha value is -3.41. The van der Waals surface area contributed by atoms with Gasteiger partial charge < -0.3 is 14.2 Å². The molecule has 0 amide bonds. The Bertz CT molecular complexity index is 1200. The van der Waals surface area contributed by atoms with Crippen LogP contribution in [0.5, 0.6) is 0 Å². The van der Waals surface area contributed by atoms with Gasteiger partial charge in [0, 0.05) is 19.3 Å². The van der Waals surface area contributed by atoms with Crippen LogP contribution in [-0.2, 0) is 28.6 Å². The molecular weight excluding hydrogens is 757 g/mol. The normalized spacial score (nSPS) is 12.8. The van der Waals surface area contributed by atoms with E-state index in [1.54, 1.807) is 0 Å². The van der Waals surface area contributed by atoms with Crippen LogP contribution in [0.4, 0.5) is 0 Å². The second-order valence-electron chi connectivity index (χ2n) is 16.4. The van der Waals surface area contributed by atoms with Crippen molar-refractivity contribution in [1.29, 1.82) is 0 Å². The van der Waals surface area contributed by atoms with E-state index >= 15 is 0 Å². The summed E-state index contributed by atoms with van der Waals surface area (Å²) in [6.45, 7) is 6.32. The average molecular weight is 849 g/mol. The lowest BCUT2D eigenvalue weighted by Crippen LogP contribution is -2.30. The van der Waals surface area contributed by atoms with Gasteiger partial charge in [0.2, 0.25) is 0 Å². The predicted octanol–water partition coefficient (Wildman–Crippen LogP) is 16.4. The fourth-order valence-electron chi connectivity index (χ4n) is 6.80. The smallest absolute Gasteiger partial charge is 0.306 e. The lowest BCUT2D eigenvalue weighted by molar-refractivity contribution is -0.167. The Morgan fingerprint density at radius 1 is 0.361 bits per heavy atom. The van der Waals surface area contributed by atoms with E-state index in [-0.39, 0.29) is 37.5 Å². The van der Waals surface area contributed by atoms with Crippen molar-refractivity contribution in [1.82, 2.24) is 0 Å². The Kier molecular flexibility index (Phi) is 46.5. The zero-order valence-corrected chi connectivity index (χ0v) is 39.7. The van der Waals surface area contributed by atoms with E-state index in [0.717, 1.165) is 70.6 Å². The summed E-state index contributed by atoms with van der Waals surface area (Å²) in [7, 11) is 0. The van der Waals surface area contributed by atoms with Gasteiger partial charge in [0.25, 0.3) is 0 Å². The summed E-state index contributed by atoms with van der Waals surface area (Å²) in [4.78, 5) is 37.9. The molecule has 0 fully saturated rings. The maximum absolute atomic E-state index is 12.8. The van der Waals surface area contributed by atoms with Crippen molar-refractivity contribution in [3.05, 3.63) is 85.1 Å². The van der Waals surface area contributed by atoms with Gasteiger partial charge >= 0.3 is 17.9 Å². The minimum atomic E-state index is -0.807. The molecule has 0 spiro atoms. The summed E-state index contributed by atoms with van der Waals surface area (Å²) >= 11 is 0. The molecule has 0 radical (unpaired) electrons. The van der Waals surface area contributed by atoms with Crippen molar-refractivity contribution in [3.63, 3.8) is 0 Å². The van der Waals surface area contributed by atoms with E-state index in [9.17, 15) is 14.4 Å². The third kappa shape index (κ3) is 47.5. The quantitative estimate of drug-likeness (QED) is 0.0200. The molecular formula is C55H92O6. The van der Waals surface area contributed by atoms with Crippen LogP contribution in [0.1, 0.15) is 226 Å². The van der Waals surface area contributed by atoms with E-state index in [1.807, 2.05) is 54.7 Å². The Labute approximate surface area is 375 Å². The molecule has 0 aliphatic rings. The summed E-state index contributed by atoms with van der Waals surface area (Å²) in [5.41, 5.74) is 0. The maximum atomic E-state index is 12.8. The maximum Gasteiger partial charge on any atom is 0.306 e. The van der Waals surface area contributed by atoms with Crippen molar-refractivity contribution >= 4 is 17.9 Å². The van der Waals surface area contributed by atoms with Crippen LogP contribution in [0.3, 0.4) is 0 Å². The molecule has 0 rings (SSSR count). The summed E-state index contributed by atoms with van der Waals surface area (Å²) in [6, 6.07) is 0. The fraction of sp³-hybridized carbons (Fsp3) is 0.691. The van der Waals surface area contributed by atoms with Crippen molar-refractivity contribution in [2.45, 2.75) is 232 Å². The largest absolute Gasteiger partial charge is 0.462 e. The van der Waals surface area contributed by atoms with Gasteiger partial charge in [-0.15, -0.1) is 0 Å². The minimum absolute atomic E-state index is 0.101. The number of hydrogen-bond donors (Lipinski definition) is 0. The number of ether oxygens (including phenoxy) is 3. The highest BCUT2D eigenvalue weighted by atomic mass is 16.6. The van der Waals surface area contributed by atoms with Crippen LogP contribution in [0.15, 0.2) is 85.1 Å². The molecule has 6 heteroatoms. The minimum Gasteiger partial charge on any atom is -0.462 e. The summed E-state index contributed by atoms with van der Waals surface area (Å²) in [5, 5.41) is 0. The van der Waals surface area contributed by atoms with Gasteiger partial charge in [-0.05, 0) is 57.8 Å². The van der Waals surface area contributed by atoms with Gasteiger partial charge in [-0.3, -0.25) is 14.4 Å². The van der Waals surface area contributed by atoms with Gasteiger partial charge in [0.1, 0.15) is 13.2 Å². The van der Waals surface area contributed by atoms with Gasteiger partial charge in [0.05, 0.1) is 0 Å². The number of rotatable bonds is 44. The highest BCUT2D eigenvalue weighted by molar-refractivity contribution is 5.71. The summed E-state index contributed by atoms with van der Waals surface area (Å²) in [5.74, 6) is -0.987. The molecule has 0 aromatic carbocycles. The average Bonchev–Trinajstić information content (AvgIpc) is 3.26. The lowest BCUT2D eigenvalue weighted by atomic mass is 10.0. The second-order valence-corrected chi connectivity index (χ2v) is 16.4. The van der Waals surface area contributed by atoms with Gasteiger partial charge in [-0.2, -0.15) is 0 Å². The topological polar surface area (TPSA) is 78.9 Å². The molecule has 0 bridgehead atoms. The van der Waals surface area contributed by atoms with Gasteiger partial charge in [-0.25, -0.2) is 0 Å². The van der Waals surface area contributed by atoms with Crippen LogP contribution in [0.2, 0.25) is 0 Å². The van der Waals surface area contributed by atoms with E-state index < -0.39 is 6.10 Å². The first kappa shape index (κ1) is 57.6. The first-order valence-corrected chi connectivity index (χ1v) is 25.2. The number of esters is 3. The molecule has 0 saturated heterocycles. The molecule has 0 saturated carbocycles. The van der Waals surface area contributed by atoms with Crippen LogP contribution >= 0.6 is 0 Å². The van der Waals surface area contributed by atoms with E-state index in [4.69, 9.17) is 14.2 Å². The predicted molar refractivity (Wildman–Crippen MR) is 261 cm³/mol. The van der Waals surface area contributed by atoms with Crippen molar-refractivity contribution < 1.29 is 28.6 Å². The molecule has 0 aromatic heterocycles. The number of unbranched alkanes of at least 4 members (excludes halogenated alkanes) is 23. The molecule has 6 nitrogen and oxygen atoms in total.